The highest BCUT2D eigenvalue weighted by molar-refractivity contribution is 6.36. The highest BCUT2D eigenvalue weighted by atomic mass is 16.3. The molecule has 0 fully saturated rings. The number of nitrogens with zero attached hydrogens (tertiary/aromatic N) is 5. The van der Waals surface area contributed by atoms with Crippen molar-refractivity contribution >= 4 is 109 Å². The van der Waals surface area contributed by atoms with Crippen LogP contribution in [0.2, 0.25) is 0 Å². The number of aromatic nitrogens is 5. The smallest absolute Gasteiger partial charge is 0.146 e. The number of hydrogen-bond acceptors (Lipinski definition) is 5. The molecule has 13 aromatic carbocycles. The standard InChI is InChI=1S/C89H53N5O2/c1-4-20-54(21-5-1)62-49-73(56-22-6-2-7-23-56)91-75(50-62)59-40-44-64(45-41-59)93-78-46-42-60(48-72(78)85-86(93)67-28-12-10-26-65(67)83-71-32-16-19-35-80(71)96-89(83)85)55-36-38-58(39-37-55)76-52-63(51-74(92-76)57-24-8-3-9-25-57)61-43-47-81(90-53-61)94-77-33-17-14-30-69(77)84-87(94)68-29-13-11-27-66(68)82-70-31-15-18-34-79(70)95-88(82)84/h1-53H. The zero-order valence-electron chi connectivity index (χ0n) is 51.7. The molecule has 446 valence electrons. The first-order valence-corrected chi connectivity index (χ1v) is 32.5. The van der Waals surface area contributed by atoms with E-state index in [1.54, 1.807) is 0 Å². The second-order valence-corrected chi connectivity index (χ2v) is 24.9. The summed E-state index contributed by atoms with van der Waals surface area (Å²) in [6.45, 7) is 0. The molecule has 7 heterocycles. The minimum absolute atomic E-state index is 0.822. The van der Waals surface area contributed by atoms with E-state index in [1.165, 1.54) is 0 Å². The van der Waals surface area contributed by atoms with Gasteiger partial charge in [-0.1, -0.05) is 237 Å². The summed E-state index contributed by atoms with van der Waals surface area (Å²) in [4.78, 5) is 16.0. The van der Waals surface area contributed by atoms with Crippen LogP contribution < -0.4 is 0 Å². The molecule has 0 saturated carbocycles. The van der Waals surface area contributed by atoms with Crippen LogP contribution in [0.1, 0.15) is 0 Å². The third-order valence-corrected chi connectivity index (χ3v) is 19.5. The molecule has 0 aliphatic carbocycles. The number of fused-ring (bicyclic) bond motifs is 20. The lowest BCUT2D eigenvalue weighted by Crippen LogP contribution is -1.98. The minimum atomic E-state index is 0.822. The maximum atomic E-state index is 7.05. The number of rotatable bonds is 9. The van der Waals surface area contributed by atoms with Crippen molar-refractivity contribution in [2.24, 2.45) is 0 Å². The second-order valence-electron chi connectivity index (χ2n) is 24.9. The molecule has 0 aliphatic rings. The number of para-hydroxylation sites is 3. The first-order valence-electron chi connectivity index (χ1n) is 32.5. The van der Waals surface area contributed by atoms with Gasteiger partial charge in [0.05, 0.1) is 55.6 Å². The van der Waals surface area contributed by atoms with Gasteiger partial charge < -0.3 is 13.4 Å². The van der Waals surface area contributed by atoms with E-state index in [4.69, 9.17) is 23.8 Å². The third kappa shape index (κ3) is 8.37. The van der Waals surface area contributed by atoms with Crippen LogP contribution in [0, 0.1) is 0 Å². The molecule has 0 N–H and O–H groups in total. The van der Waals surface area contributed by atoms with Gasteiger partial charge >= 0.3 is 0 Å². The number of benzene rings is 13. The fourth-order valence-corrected chi connectivity index (χ4v) is 15.1. The lowest BCUT2D eigenvalue weighted by molar-refractivity contribution is 0.672. The molecule has 0 atom stereocenters. The highest BCUT2D eigenvalue weighted by Crippen LogP contribution is 2.49. The van der Waals surface area contributed by atoms with Gasteiger partial charge in [-0.3, -0.25) is 4.57 Å². The van der Waals surface area contributed by atoms with Crippen molar-refractivity contribution in [3.8, 4) is 89.9 Å². The van der Waals surface area contributed by atoms with Gasteiger partial charge in [-0.2, -0.15) is 0 Å². The number of hydrogen-bond donors (Lipinski definition) is 0. The maximum absolute atomic E-state index is 7.05. The summed E-state index contributed by atoms with van der Waals surface area (Å²) in [5.41, 5.74) is 23.1. The summed E-state index contributed by atoms with van der Waals surface area (Å²) in [5.74, 6) is 0.822. The molecule has 20 aromatic rings. The Morgan fingerprint density at radius 1 is 0.240 bits per heavy atom. The van der Waals surface area contributed by atoms with Gasteiger partial charge in [0.25, 0.3) is 0 Å². The Morgan fingerprint density at radius 3 is 1.17 bits per heavy atom. The average molecular weight is 1220 g/mol. The average Bonchev–Trinajstić information content (AvgIpc) is 1.54. The van der Waals surface area contributed by atoms with E-state index < -0.39 is 0 Å². The van der Waals surface area contributed by atoms with Crippen molar-refractivity contribution in [1.82, 2.24) is 24.1 Å². The van der Waals surface area contributed by atoms with E-state index in [2.05, 4.69) is 306 Å². The van der Waals surface area contributed by atoms with Gasteiger partial charge in [0.2, 0.25) is 0 Å². The summed E-state index contributed by atoms with van der Waals surface area (Å²) in [5, 5.41) is 13.4. The van der Waals surface area contributed by atoms with Gasteiger partial charge in [0.1, 0.15) is 28.1 Å². The van der Waals surface area contributed by atoms with Crippen molar-refractivity contribution in [3.63, 3.8) is 0 Å². The molecule has 0 saturated heterocycles. The molecule has 0 spiro atoms. The van der Waals surface area contributed by atoms with Gasteiger partial charge in [-0.05, 0) is 117 Å². The van der Waals surface area contributed by atoms with Gasteiger partial charge in [0, 0.05) is 82.8 Å². The summed E-state index contributed by atoms with van der Waals surface area (Å²) in [6.07, 6.45) is 2.00. The predicted molar refractivity (Wildman–Crippen MR) is 396 cm³/mol. The molecule has 0 amide bonds. The zero-order valence-corrected chi connectivity index (χ0v) is 51.7. The molecular weight excluding hydrogens is 1170 g/mol. The lowest BCUT2D eigenvalue weighted by Gasteiger charge is -2.13. The van der Waals surface area contributed by atoms with E-state index in [9.17, 15) is 0 Å². The zero-order chi connectivity index (χ0) is 63.0. The van der Waals surface area contributed by atoms with Gasteiger partial charge in [-0.25, -0.2) is 15.0 Å². The number of furan rings is 2. The highest BCUT2D eigenvalue weighted by Gasteiger charge is 2.26. The van der Waals surface area contributed by atoms with E-state index >= 15 is 0 Å². The molecule has 0 aliphatic heterocycles. The van der Waals surface area contributed by atoms with Crippen LogP contribution in [-0.2, 0) is 0 Å². The summed E-state index contributed by atoms with van der Waals surface area (Å²) in [7, 11) is 0. The summed E-state index contributed by atoms with van der Waals surface area (Å²) < 4.78 is 18.6. The molecule has 96 heavy (non-hydrogen) atoms. The van der Waals surface area contributed by atoms with Crippen molar-refractivity contribution in [2.45, 2.75) is 0 Å². The van der Waals surface area contributed by atoms with Crippen LogP contribution in [0.3, 0.4) is 0 Å². The molecule has 0 radical (unpaired) electrons. The van der Waals surface area contributed by atoms with Gasteiger partial charge in [-0.15, -0.1) is 0 Å². The molecule has 0 unspecified atom stereocenters. The first kappa shape index (κ1) is 53.7. The van der Waals surface area contributed by atoms with E-state index in [-0.39, 0.29) is 0 Å². The van der Waals surface area contributed by atoms with E-state index in [0.29, 0.717) is 0 Å². The van der Waals surface area contributed by atoms with Gasteiger partial charge in [0.15, 0.2) is 0 Å². The Balaban J connectivity index is 0.701. The minimum Gasteiger partial charge on any atom is -0.455 e. The largest absolute Gasteiger partial charge is 0.455 e. The van der Waals surface area contributed by atoms with Crippen LogP contribution in [0.25, 0.3) is 199 Å². The molecule has 7 heteroatoms. The first-order chi connectivity index (χ1) is 47.6. The normalized spacial score (nSPS) is 12.0. The predicted octanol–water partition coefficient (Wildman–Crippen LogP) is 23.8. The third-order valence-electron chi connectivity index (χ3n) is 19.5. The van der Waals surface area contributed by atoms with Crippen molar-refractivity contribution in [2.75, 3.05) is 0 Å². The summed E-state index contributed by atoms with van der Waals surface area (Å²) >= 11 is 0. The Kier molecular flexibility index (Phi) is 11.9. The van der Waals surface area contributed by atoms with Crippen LogP contribution in [-0.4, -0.2) is 24.1 Å². The fraction of sp³-hybridized carbons (Fsp3) is 0. The Bertz CT molecular complexity index is 6470. The Labute approximate surface area is 550 Å². The van der Waals surface area contributed by atoms with Crippen LogP contribution in [0.5, 0.6) is 0 Å². The van der Waals surface area contributed by atoms with Crippen molar-refractivity contribution in [3.05, 3.63) is 322 Å². The molecular formula is C89H53N5O2. The van der Waals surface area contributed by atoms with Crippen LogP contribution in [0.4, 0.5) is 0 Å². The van der Waals surface area contributed by atoms with Crippen molar-refractivity contribution < 1.29 is 8.83 Å². The SMILES string of the molecule is c1ccc(-c2cc(-c3ccccc3)nc(-c3ccc(-n4c5ccc(-c6ccc(-c7cc(-c8ccc(-n9c%10ccccc%10c%10c%11oc%12ccccc%12c%11c%11ccccc%11c%109)nc8)cc(-c8ccccc8)n7)cc6)cc5c5c6oc7ccccc7c6c6ccccc6c54)cc3)c2)cc1. The lowest BCUT2D eigenvalue weighted by atomic mass is 9.97. The Morgan fingerprint density at radius 2 is 0.625 bits per heavy atom. The molecule has 7 aromatic heterocycles. The molecule has 7 nitrogen and oxygen atoms in total. The Hall–Kier alpha value is -13.0. The van der Waals surface area contributed by atoms with E-state index in [0.717, 1.165) is 199 Å². The second kappa shape index (κ2) is 21.3. The van der Waals surface area contributed by atoms with Crippen LogP contribution >= 0.6 is 0 Å². The maximum Gasteiger partial charge on any atom is 0.146 e. The quantitative estimate of drug-likeness (QED) is 0.144. The topological polar surface area (TPSA) is 74.8 Å². The summed E-state index contributed by atoms with van der Waals surface area (Å²) in [6, 6.07) is 112. The fourth-order valence-electron chi connectivity index (χ4n) is 15.1. The van der Waals surface area contributed by atoms with Crippen LogP contribution in [0.15, 0.2) is 330 Å². The van der Waals surface area contributed by atoms with E-state index in [1.807, 2.05) is 24.4 Å². The monoisotopic (exact) mass is 1220 g/mol. The number of pyridine rings is 3. The molecule has 0 bridgehead atoms. The van der Waals surface area contributed by atoms with Crippen molar-refractivity contribution in [1.29, 1.82) is 0 Å². The molecule has 20 rings (SSSR count).